The van der Waals surface area contributed by atoms with Crippen molar-refractivity contribution in [2.45, 2.75) is 71.8 Å². The van der Waals surface area contributed by atoms with Crippen LogP contribution >= 0.6 is 0 Å². The predicted octanol–water partition coefficient (Wildman–Crippen LogP) is 5.57. The van der Waals surface area contributed by atoms with E-state index in [9.17, 15) is 0 Å². The highest BCUT2D eigenvalue weighted by atomic mass is 15.1. The topological polar surface area (TPSA) is 54.8 Å². The fraction of sp³-hybridized carbons (Fsp3) is 0.667. The minimum atomic E-state index is 0.573. The van der Waals surface area contributed by atoms with E-state index in [-0.39, 0.29) is 0 Å². The minimum Gasteiger partial charge on any atom is -0.372 e. The van der Waals surface area contributed by atoms with Crippen molar-refractivity contribution < 1.29 is 0 Å². The van der Waals surface area contributed by atoms with Crippen LogP contribution < -0.4 is 10.6 Å². The number of nitrogens with zero attached hydrogens (tertiary/aromatic N) is 3. The maximum atomic E-state index is 4.57. The van der Waals surface area contributed by atoms with E-state index in [0.717, 1.165) is 41.8 Å². The van der Waals surface area contributed by atoms with Crippen molar-refractivity contribution in [2.24, 2.45) is 11.8 Å². The Morgan fingerprint density at radius 3 is 2.86 bits per heavy atom. The summed E-state index contributed by atoms with van der Waals surface area (Å²) < 4.78 is 2.39. The van der Waals surface area contributed by atoms with Crippen LogP contribution in [0, 0.1) is 11.8 Å². The van der Waals surface area contributed by atoms with Gasteiger partial charge in [-0.2, -0.15) is 0 Å². The van der Waals surface area contributed by atoms with Gasteiger partial charge in [0.1, 0.15) is 17.8 Å². The van der Waals surface area contributed by atoms with Crippen molar-refractivity contribution >= 4 is 16.9 Å². The molecule has 5 nitrogen and oxygen atoms in total. The lowest BCUT2D eigenvalue weighted by molar-refractivity contribution is 0.373. The molecule has 0 bridgehead atoms. The zero-order valence-corrected chi connectivity index (χ0v) is 18.7. The summed E-state index contributed by atoms with van der Waals surface area (Å²) in [7, 11) is 1.92. The summed E-state index contributed by atoms with van der Waals surface area (Å²) in [4.78, 5) is 8.91. The molecule has 0 radical (unpaired) electrons. The number of hydrogen-bond acceptors (Lipinski definition) is 4. The molecule has 0 aromatic carbocycles. The zero-order chi connectivity index (χ0) is 20.6. The molecule has 0 spiro atoms. The number of rotatable bonds is 11. The van der Waals surface area contributed by atoms with Crippen LogP contribution in [0.2, 0.25) is 0 Å². The highest BCUT2D eigenvalue weighted by Gasteiger charge is 2.32. The number of allylic oxidation sites excluding steroid dienone is 1. The normalized spacial score (nSPS) is 22.5. The van der Waals surface area contributed by atoms with Crippen molar-refractivity contribution in [3.63, 3.8) is 0 Å². The Labute approximate surface area is 176 Å². The van der Waals surface area contributed by atoms with E-state index in [4.69, 9.17) is 0 Å². The third-order valence-electron chi connectivity index (χ3n) is 6.78. The molecule has 1 aliphatic carbocycles. The van der Waals surface area contributed by atoms with Crippen molar-refractivity contribution in [1.82, 2.24) is 19.9 Å². The Morgan fingerprint density at radius 2 is 2.07 bits per heavy atom. The van der Waals surface area contributed by atoms with E-state index in [1.807, 2.05) is 7.05 Å². The standard InChI is InChI=1S/C24H39N5/c1-5-18(2)10-13-26-12-8-6-7-9-20-16-21(15-19(20)3)29-14-11-22-23(25-4)27-17-28-24(22)29/h5,11,14,17,19-21,26H,6-10,12-13,15-16H2,1-4H3,(H,25,27,28)/b18-5+. The SMILES string of the molecule is C/C=C(\C)CCNCCCCCC1CC(n2ccc3c(NC)ncnc32)CC1C. The lowest BCUT2D eigenvalue weighted by atomic mass is 9.92. The van der Waals surface area contributed by atoms with Gasteiger partial charge in [-0.1, -0.05) is 37.8 Å². The second-order valence-corrected chi connectivity index (χ2v) is 8.78. The van der Waals surface area contributed by atoms with Gasteiger partial charge >= 0.3 is 0 Å². The summed E-state index contributed by atoms with van der Waals surface area (Å²) in [6, 6.07) is 2.73. The van der Waals surface area contributed by atoms with E-state index >= 15 is 0 Å². The second kappa shape index (κ2) is 10.8. The van der Waals surface area contributed by atoms with Crippen LogP contribution in [-0.4, -0.2) is 34.7 Å². The van der Waals surface area contributed by atoms with Crippen LogP contribution in [0.4, 0.5) is 5.82 Å². The van der Waals surface area contributed by atoms with Crippen LogP contribution in [0.1, 0.15) is 71.8 Å². The Morgan fingerprint density at radius 1 is 1.21 bits per heavy atom. The Balaban J connectivity index is 1.41. The Kier molecular flexibility index (Phi) is 8.10. The van der Waals surface area contributed by atoms with Crippen LogP contribution in [0.25, 0.3) is 11.0 Å². The summed E-state index contributed by atoms with van der Waals surface area (Å²) in [5, 5.41) is 7.89. The highest BCUT2D eigenvalue weighted by Crippen LogP contribution is 2.43. The molecule has 1 fully saturated rings. The fourth-order valence-corrected chi connectivity index (χ4v) is 4.78. The first-order chi connectivity index (χ1) is 14.1. The maximum absolute atomic E-state index is 4.57. The molecule has 1 saturated carbocycles. The van der Waals surface area contributed by atoms with Gasteiger partial charge < -0.3 is 15.2 Å². The summed E-state index contributed by atoms with van der Waals surface area (Å²) in [6.07, 6.45) is 15.2. The number of aromatic nitrogens is 3. The highest BCUT2D eigenvalue weighted by molar-refractivity contribution is 5.87. The molecule has 160 valence electrons. The smallest absolute Gasteiger partial charge is 0.145 e. The molecule has 3 unspecified atom stereocenters. The molecule has 3 atom stereocenters. The van der Waals surface area contributed by atoms with Gasteiger partial charge in [-0.15, -0.1) is 0 Å². The Bertz CT molecular complexity index is 794. The molecule has 3 rings (SSSR count). The van der Waals surface area contributed by atoms with Gasteiger partial charge in [0.15, 0.2) is 0 Å². The zero-order valence-electron chi connectivity index (χ0n) is 18.7. The van der Waals surface area contributed by atoms with Gasteiger partial charge in [-0.25, -0.2) is 9.97 Å². The largest absolute Gasteiger partial charge is 0.372 e. The number of fused-ring (bicyclic) bond motifs is 1. The molecule has 1 aliphatic rings. The van der Waals surface area contributed by atoms with E-state index in [0.29, 0.717) is 6.04 Å². The summed E-state index contributed by atoms with van der Waals surface area (Å²) in [6.45, 7) is 9.04. The fourth-order valence-electron chi connectivity index (χ4n) is 4.78. The van der Waals surface area contributed by atoms with E-state index in [2.05, 4.69) is 64.3 Å². The third kappa shape index (κ3) is 5.59. The van der Waals surface area contributed by atoms with Gasteiger partial charge in [-0.05, 0) is 70.5 Å². The summed E-state index contributed by atoms with van der Waals surface area (Å²) >= 11 is 0. The quantitative estimate of drug-likeness (QED) is 0.385. The summed E-state index contributed by atoms with van der Waals surface area (Å²) in [5.74, 6) is 2.56. The number of anilines is 1. The molecular formula is C24H39N5. The van der Waals surface area contributed by atoms with Crippen molar-refractivity contribution in [1.29, 1.82) is 0 Å². The van der Waals surface area contributed by atoms with Crippen LogP contribution in [0.15, 0.2) is 30.2 Å². The number of hydrogen-bond donors (Lipinski definition) is 2. The van der Waals surface area contributed by atoms with E-state index in [1.165, 1.54) is 50.5 Å². The van der Waals surface area contributed by atoms with E-state index < -0.39 is 0 Å². The van der Waals surface area contributed by atoms with Crippen LogP contribution in [0.5, 0.6) is 0 Å². The summed E-state index contributed by atoms with van der Waals surface area (Å²) in [5.41, 5.74) is 2.55. The molecule has 5 heteroatoms. The molecule has 0 saturated heterocycles. The van der Waals surface area contributed by atoms with Gasteiger partial charge in [0.05, 0.1) is 5.39 Å². The first-order valence-electron chi connectivity index (χ1n) is 11.5. The first-order valence-corrected chi connectivity index (χ1v) is 11.5. The molecule has 2 heterocycles. The second-order valence-electron chi connectivity index (χ2n) is 8.78. The van der Waals surface area contributed by atoms with Gasteiger partial charge in [0, 0.05) is 19.3 Å². The van der Waals surface area contributed by atoms with Crippen LogP contribution in [0.3, 0.4) is 0 Å². The number of unbranched alkanes of at least 4 members (excludes halogenated alkanes) is 2. The number of nitrogens with one attached hydrogen (secondary N) is 2. The lowest BCUT2D eigenvalue weighted by Crippen LogP contribution is -2.16. The Hall–Kier alpha value is -1.88. The maximum Gasteiger partial charge on any atom is 0.145 e. The first kappa shape index (κ1) is 21.8. The molecule has 29 heavy (non-hydrogen) atoms. The molecule has 2 aromatic rings. The van der Waals surface area contributed by atoms with E-state index in [1.54, 1.807) is 6.33 Å². The predicted molar refractivity (Wildman–Crippen MR) is 123 cm³/mol. The molecule has 2 N–H and O–H groups in total. The minimum absolute atomic E-state index is 0.573. The monoisotopic (exact) mass is 397 g/mol. The molecular weight excluding hydrogens is 358 g/mol. The van der Waals surface area contributed by atoms with Gasteiger partial charge in [0.2, 0.25) is 0 Å². The molecule has 0 aliphatic heterocycles. The van der Waals surface area contributed by atoms with Crippen LogP contribution in [-0.2, 0) is 0 Å². The lowest BCUT2D eigenvalue weighted by Gasteiger charge is -2.15. The van der Waals surface area contributed by atoms with Crippen molar-refractivity contribution in [3.05, 3.63) is 30.2 Å². The molecule has 0 amide bonds. The average Bonchev–Trinajstić information content (AvgIpc) is 3.32. The van der Waals surface area contributed by atoms with Gasteiger partial charge in [-0.3, -0.25) is 0 Å². The van der Waals surface area contributed by atoms with Crippen molar-refractivity contribution in [3.8, 4) is 0 Å². The molecule has 2 aromatic heterocycles. The van der Waals surface area contributed by atoms with Crippen molar-refractivity contribution in [2.75, 3.05) is 25.5 Å². The average molecular weight is 398 g/mol. The van der Waals surface area contributed by atoms with Gasteiger partial charge in [0.25, 0.3) is 0 Å². The third-order valence-corrected chi connectivity index (χ3v) is 6.78.